The maximum Gasteiger partial charge on any atom is 3.00 e. The van der Waals surface area contributed by atoms with Gasteiger partial charge in [0, 0.05) is 0 Å². The van der Waals surface area contributed by atoms with Crippen LogP contribution < -0.4 is 0 Å². The van der Waals surface area contributed by atoms with Crippen LogP contribution in [-0.4, -0.2) is 39.3 Å². The van der Waals surface area contributed by atoms with Gasteiger partial charge < -0.3 is 16.0 Å². The number of rotatable bonds is 12. The van der Waals surface area contributed by atoms with Gasteiger partial charge in [-0.1, -0.05) is 80.1 Å². The van der Waals surface area contributed by atoms with E-state index in [0.29, 0.717) is 0 Å². The smallest absolute Gasteiger partial charge is 0.662 e. The Morgan fingerprint density at radius 1 is 0.364 bits per heavy atom. The van der Waals surface area contributed by atoms with Crippen molar-refractivity contribution in [1.82, 2.24) is 0 Å². The van der Waals surface area contributed by atoms with E-state index in [4.69, 9.17) is 0 Å². The second-order valence-corrected chi connectivity index (χ2v) is 5.01. The van der Waals surface area contributed by atoms with E-state index in [1.165, 1.54) is 38.5 Å². The molecular formula is C18H42N3Ti. The van der Waals surface area contributed by atoms with Crippen molar-refractivity contribution in [3.05, 3.63) is 16.0 Å². The minimum Gasteiger partial charge on any atom is -0.662 e. The van der Waals surface area contributed by atoms with Crippen LogP contribution in [0.5, 0.6) is 0 Å². The average Bonchev–Trinajstić information content (AvgIpc) is 2.50. The molecule has 4 heteroatoms. The van der Waals surface area contributed by atoms with Crippen molar-refractivity contribution >= 4 is 0 Å². The Morgan fingerprint density at radius 3 is 0.591 bits per heavy atom. The van der Waals surface area contributed by atoms with Gasteiger partial charge in [-0.15, -0.1) is 39.3 Å². The molecule has 0 amide bonds. The summed E-state index contributed by atoms with van der Waals surface area (Å²) in [7, 11) is 0. The van der Waals surface area contributed by atoms with Gasteiger partial charge in [0.1, 0.15) is 0 Å². The molecule has 0 atom stereocenters. The largest absolute Gasteiger partial charge is 3.00 e. The summed E-state index contributed by atoms with van der Waals surface area (Å²) in [5.41, 5.74) is 0. The molecule has 0 saturated heterocycles. The molecule has 0 aliphatic carbocycles. The fourth-order valence-corrected chi connectivity index (χ4v) is 1.28. The third-order valence-corrected chi connectivity index (χ3v) is 2.29. The van der Waals surface area contributed by atoms with Crippen LogP contribution in [0.25, 0.3) is 16.0 Å². The summed E-state index contributed by atoms with van der Waals surface area (Å²) in [6.07, 6.45) is 7.17. The first-order valence-electron chi connectivity index (χ1n) is 9.14. The van der Waals surface area contributed by atoms with Gasteiger partial charge in [0.2, 0.25) is 0 Å². The standard InChI is InChI=1S/3C6H14N.Ti/c3*1-3-5-7-6-4-2;/h3*3-6H2,1-2H3;/q3*-1;+3. The maximum atomic E-state index is 4.21. The Morgan fingerprint density at radius 2 is 0.500 bits per heavy atom. The number of hydrogen-bond acceptors (Lipinski definition) is 0. The maximum absolute atomic E-state index is 4.21. The molecule has 0 aromatic rings. The molecule has 0 aliphatic heterocycles. The molecule has 3 nitrogen and oxygen atoms in total. The Labute approximate surface area is 157 Å². The second kappa shape index (κ2) is 37.7. The topological polar surface area (TPSA) is 42.3 Å². The first kappa shape index (κ1) is 30.5. The number of hydrogen-bond donors (Lipinski definition) is 0. The minimum absolute atomic E-state index is 0. The Bertz CT molecular complexity index is 99.7. The fourth-order valence-electron chi connectivity index (χ4n) is 1.28. The van der Waals surface area contributed by atoms with E-state index in [1.54, 1.807) is 0 Å². The third-order valence-electron chi connectivity index (χ3n) is 2.29. The summed E-state index contributed by atoms with van der Waals surface area (Å²) in [6.45, 7) is 19.2. The predicted molar refractivity (Wildman–Crippen MR) is 101 cm³/mol. The van der Waals surface area contributed by atoms with Crippen molar-refractivity contribution in [2.45, 2.75) is 80.1 Å². The molecule has 0 N–H and O–H groups in total. The monoisotopic (exact) mass is 348 g/mol. The zero-order valence-corrected chi connectivity index (χ0v) is 17.9. The van der Waals surface area contributed by atoms with Gasteiger partial charge in [0.15, 0.2) is 0 Å². The van der Waals surface area contributed by atoms with E-state index in [1.807, 2.05) is 0 Å². The molecular weight excluding hydrogens is 306 g/mol. The molecule has 1 radical (unpaired) electrons. The molecule has 0 heterocycles. The van der Waals surface area contributed by atoms with Crippen LogP contribution in [0.1, 0.15) is 80.1 Å². The van der Waals surface area contributed by atoms with Gasteiger partial charge in [-0.05, 0) is 0 Å². The van der Waals surface area contributed by atoms with Crippen molar-refractivity contribution in [2.24, 2.45) is 0 Å². The van der Waals surface area contributed by atoms with Crippen LogP contribution in [0.15, 0.2) is 0 Å². The van der Waals surface area contributed by atoms with E-state index in [2.05, 4.69) is 57.5 Å². The van der Waals surface area contributed by atoms with E-state index in [9.17, 15) is 0 Å². The molecule has 0 aliphatic rings. The zero-order chi connectivity index (χ0) is 16.6. The first-order chi connectivity index (χ1) is 10.2. The van der Waals surface area contributed by atoms with Crippen molar-refractivity contribution < 1.29 is 21.7 Å². The fraction of sp³-hybridized carbons (Fsp3) is 1.00. The Kier molecular flexibility index (Phi) is 52.2. The summed E-state index contributed by atoms with van der Waals surface area (Å²) >= 11 is 0. The minimum atomic E-state index is 0. The van der Waals surface area contributed by atoms with Crippen LogP contribution in [0, 0.1) is 0 Å². The van der Waals surface area contributed by atoms with E-state index < -0.39 is 0 Å². The van der Waals surface area contributed by atoms with Gasteiger partial charge >= 0.3 is 21.7 Å². The normalized spacial score (nSPS) is 9.00. The second-order valence-electron chi connectivity index (χ2n) is 5.01. The molecule has 0 fully saturated rings. The molecule has 22 heavy (non-hydrogen) atoms. The molecule has 0 spiro atoms. The van der Waals surface area contributed by atoms with Crippen LogP contribution in [0.4, 0.5) is 0 Å². The molecule has 0 bridgehead atoms. The van der Waals surface area contributed by atoms with E-state index in [0.717, 1.165) is 39.3 Å². The summed E-state index contributed by atoms with van der Waals surface area (Å²) in [6, 6.07) is 0. The summed E-state index contributed by atoms with van der Waals surface area (Å²) in [5, 5.41) is 12.6. The van der Waals surface area contributed by atoms with E-state index >= 15 is 0 Å². The molecule has 0 saturated carbocycles. The van der Waals surface area contributed by atoms with Crippen LogP contribution >= 0.6 is 0 Å². The van der Waals surface area contributed by atoms with Gasteiger partial charge in [0.25, 0.3) is 0 Å². The zero-order valence-electron chi connectivity index (χ0n) is 16.3. The summed E-state index contributed by atoms with van der Waals surface area (Å²) < 4.78 is 0. The summed E-state index contributed by atoms with van der Waals surface area (Å²) in [5.74, 6) is 0. The van der Waals surface area contributed by atoms with Gasteiger partial charge in [-0.25, -0.2) is 0 Å². The van der Waals surface area contributed by atoms with E-state index in [-0.39, 0.29) is 21.7 Å². The van der Waals surface area contributed by atoms with Crippen molar-refractivity contribution in [2.75, 3.05) is 39.3 Å². The quantitative estimate of drug-likeness (QED) is 0.284. The predicted octanol–water partition coefficient (Wildman–Crippen LogP) is 6.54. The molecule has 0 aromatic carbocycles. The van der Waals surface area contributed by atoms with Crippen LogP contribution in [0.3, 0.4) is 0 Å². The SMILES string of the molecule is CCC[N-]CCC.CCC[N-]CCC.CCC[N-]CCC.[Ti+3]. The van der Waals surface area contributed by atoms with Crippen LogP contribution in [-0.2, 0) is 21.7 Å². The third kappa shape index (κ3) is 49.8. The van der Waals surface area contributed by atoms with Crippen molar-refractivity contribution in [3.63, 3.8) is 0 Å². The van der Waals surface area contributed by atoms with Crippen molar-refractivity contribution in [3.8, 4) is 0 Å². The number of nitrogens with zero attached hydrogens (tertiary/aromatic N) is 3. The average molecular weight is 348 g/mol. The van der Waals surface area contributed by atoms with Crippen LogP contribution in [0.2, 0.25) is 0 Å². The molecule has 133 valence electrons. The first-order valence-corrected chi connectivity index (χ1v) is 9.14. The Balaban J connectivity index is -0.000000108. The Hall–Kier alpha value is 0.594. The van der Waals surface area contributed by atoms with Gasteiger partial charge in [-0.3, -0.25) is 0 Å². The molecule has 0 aromatic heterocycles. The van der Waals surface area contributed by atoms with Gasteiger partial charge in [-0.2, -0.15) is 0 Å². The molecule has 0 unspecified atom stereocenters. The van der Waals surface area contributed by atoms with Gasteiger partial charge in [0.05, 0.1) is 0 Å². The molecule has 0 rings (SSSR count). The summed E-state index contributed by atoms with van der Waals surface area (Å²) in [4.78, 5) is 0. The van der Waals surface area contributed by atoms with Crippen molar-refractivity contribution in [1.29, 1.82) is 0 Å².